The van der Waals surface area contributed by atoms with Crippen molar-refractivity contribution in [2.45, 2.75) is 13.0 Å². The van der Waals surface area contributed by atoms with Crippen LogP contribution in [0.25, 0.3) is 0 Å². The van der Waals surface area contributed by atoms with Crippen molar-refractivity contribution >= 4 is 17.3 Å². The summed E-state index contributed by atoms with van der Waals surface area (Å²) in [6.45, 7) is 5.95. The van der Waals surface area contributed by atoms with Crippen molar-refractivity contribution in [3.63, 3.8) is 0 Å². The minimum absolute atomic E-state index is 0.208. The van der Waals surface area contributed by atoms with E-state index in [1.807, 2.05) is 6.07 Å². The first kappa shape index (κ1) is 16.1. The lowest BCUT2D eigenvalue weighted by Crippen LogP contribution is -2.39. The first-order chi connectivity index (χ1) is 10.3. The van der Waals surface area contributed by atoms with Crippen LogP contribution in [0.1, 0.15) is 12.0 Å². The molecule has 2 N–H and O–H groups in total. The van der Waals surface area contributed by atoms with E-state index in [4.69, 9.17) is 17.0 Å². The van der Waals surface area contributed by atoms with E-state index in [2.05, 4.69) is 15.5 Å². The SMILES string of the molecule is Fc1ccccc1CNC(=S)NCCCN1CCOCC1. The van der Waals surface area contributed by atoms with E-state index < -0.39 is 0 Å². The van der Waals surface area contributed by atoms with Crippen molar-refractivity contribution < 1.29 is 9.13 Å². The topological polar surface area (TPSA) is 36.5 Å². The molecule has 21 heavy (non-hydrogen) atoms. The molecule has 1 fully saturated rings. The van der Waals surface area contributed by atoms with Crippen molar-refractivity contribution in [3.05, 3.63) is 35.6 Å². The Hall–Kier alpha value is -1.24. The van der Waals surface area contributed by atoms with Gasteiger partial charge in [0.15, 0.2) is 5.11 Å². The quantitative estimate of drug-likeness (QED) is 0.615. The van der Waals surface area contributed by atoms with Crippen molar-refractivity contribution in [2.75, 3.05) is 39.4 Å². The molecule has 1 heterocycles. The van der Waals surface area contributed by atoms with Gasteiger partial charge in [-0.1, -0.05) is 18.2 Å². The molecule has 1 aliphatic rings. The maximum atomic E-state index is 13.4. The average Bonchev–Trinajstić information content (AvgIpc) is 2.52. The van der Waals surface area contributed by atoms with Crippen LogP contribution in [0, 0.1) is 5.82 Å². The number of hydrogen-bond donors (Lipinski definition) is 2. The third-order valence-electron chi connectivity index (χ3n) is 3.44. The maximum Gasteiger partial charge on any atom is 0.166 e. The number of nitrogens with zero attached hydrogens (tertiary/aromatic N) is 1. The van der Waals surface area contributed by atoms with Gasteiger partial charge in [0.1, 0.15) is 5.82 Å². The number of thiocarbonyl (C=S) groups is 1. The summed E-state index contributed by atoms with van der Waals surface area (Å²) in [7, 11) is 0. The zero-order valence-corrected chi connectivity index (χ0v) is 12.9. The molecule has 0 saturated carbocycles. The molecule has 1 aliphatic heterocycles. The molecule has 0 radical (unpaired) electrons. The van der Waals surface area contributed by atoms with E-state index in [9.17, 15) is 4.39 Å². The normalized spacial score (nSPS) is 15.7. The number of halogens is 1. The van der Waals surface area contributed by atoms with Gasteiger partial charge in [0, 0.05) is 31.7 Å². The molecule has 0 spiro atoms. The highest BCUT2D eigenvalue weighted by Crippen LogP contribution is 2.05. The van der Waals surface area contributed by atoms with Crippen molar-refractivity contribution in [3.8, 4) is 0 Å². The smallest absolute Gasteiger partial charge is 0.166 e. The first-order valence-electron chi connectivity index (χ1n) is 7.31. The zero-order chi connectivity index (χ0) is 14.9. The second-order valence-electron chi connectivity index (χ2n) is 5.01. The summed E-state index contributed by atoms with van der Waals surface area (Å²) in [6.07, 6.45) is 1.03. The van der Waals surface area contributed by atoms with Crippen molar-refractivity contribution in [1.82, 2.24) is 15.5 Å². The fourth-order valence-electron chi connectivity index (χ4n) is 2.21. The van der Waals surface area contributed by atoms with E-state index in [1.54, 1.807) is 12.1 Å². The molecule has 116 valence electrons. The van der Waals surface area contributed by atoms with Crippen LogP contribution in [0.15, 0.2) is 24.3 Å². The average molecular weight is 311 g/mol. The van der Waals surface area contributed by atoms with Crippen LogP contribution in [0.5, 0.6) is 0 Å². The van der Waals surface area contributed by atoms with Crippen molar-refractivity contribution in [2.24, 2.45) is 0 Å². The molecular formula is C15H22FN3OS. The summed E-state index contributed by atoms with van der Waals surface area (Å²) in [6, 6.07) is 6.71. The van der Waals surface area contributed by atoms with Gasteiger partial charge in [-0.05, 0) is 31.2 Å². The highest BCUT2D eigenvalue weighted by molar-refractivity contribution is 7.80. The van der Waals surface area contributed by atoms with Gasteiger partial charge in [-0.15, -0.1) is 0 Å². The monoisotopic (exact) mass is 311 g/mol. The van der Waals surface area contributed by atoms with Gasteiger partial charge in [0.05, 0.1) is 13.2 Å². The van der Waals surface area contributed by atoms with Gasteiger partial charge >= 0.3 is 0 Å². The number of ether oxygens (including phenoxy) is 1. The number of morpholine rings is 1. The summed E-state index contributed by atoms with van der Waals surface area (Å²) in [5, 5.41) is 6.75. The molecule has 0 aliphatic carbocycles. The van der Waals surface area contributed by atoms with Crippen LogP contribution < -0.4 is 10.6 Å². The minimum Gasteiger partial charge on any atom is -0.379 e. The fraction of sp³-hybridized carbons (Fsp3) is 0.533. The summed E-state index contributed by atoms with van der Waals surface area (Å²) in [5.41, 5.74) is 0.620. The van der Waals surface area contributed by atoms with Crippen LogP contribution in [0.3, 0.4) is 0 Å². The van der Waals surface area contributed by atoms with Gasteiger partial charge in [-0.3, -0.25) is 4.90 Å². The van der Waals surface area contributed by atoms with E-state index in [0.717, 1.165) is 45.8 Å². The Balaban J connectivity index is 1.56. The summed E-state index contributed by atoms with van der Waals surface area (Å²) in [5.74, 6) is -0.208. The Morgan fingerprint density at radius 2 is 2.00 bits per heavy atom. The van der Waals surface area contributed by atoms with Crippen LogP contribution in [0.2, 0.25) is 0 Å². The molecular weight excluding hydrogens is 289 g/mol. The molecule has 0 amide bonds. The number of benzene rings is 1. The van der Waals surface area contributed by atoms with Gasteiger partial charge in [-0.25, -0.2) is 4.39 Å². The van der Waals surface area contributed by atoms with Crippen LogP contribution >= 0.6 is 12.2 Å². The second-order valence-corrected chi connectivity index (χ2v) is 5.42. The number of nitrogens with one attached hydrogen (secondary N) is 2. The molecule has 1 aromatic rings. The number of rotatable bonds is 6. The maximum absolute atomic E-state index is 13.4. The van der Waals surface area contributed by atoms with Gasteiger partial charge in [0.25, 0.3) is 0 Å². The molecule has 1 aromatic carbocycles. The van der Waals surface area contributed by atoms with Gasteiger partial charge < -0.3 is 15.4 Å². The van der Waals surface area contributed by atoms with Crippen LogP contribution in [-0.2, 0) is 11.3 Å². The lowest BCUT2D eigenvalue weighted by Gasteiger charge is -2.26. The lowest BCUT2D eigenvalue weighted by atomic mass is 10.2. The Kier molecular flexibility index (Phi) is 6.85. The molecule has 0 atom stereocenters. The molecule has 0 bridgehead atoms. The third-order valence-corrected chi connectivity index (χ3v) is 3.73. The Morgan fingerprint density at radius 3 is 2.76 bits per heavy atom. The number of hydrogen-bond acceptors (Lipinski definition) is 3. The van der Waals surface area contributed by atoms with Gasteiger partial charge in [-0.2, -0.15) is 0 Å². The summed E-state index contributed by atoms with van der Waals surface area (Å²) < 4.78 is 18.7. The predicted octanol–water partition coefficient (Wildman–Crippen LogP) is 1.51. The van der Waals surface area contributed by atoms with E-state index in [1.165, 1.54) is 6.07 Å². The predicted molar refractivity (Wildman–Crippen MR) is 85.7 cm³/mol. The molecule has 6 heteroatoms. The molecule has 2 rings (SSSR count). The summed E-state index contributed by atoms with van der Waals surface area (Å²) >= 11 is 5.19. The standard InChI is InChI=1S/C15H22FN3OS/c16-14-5-2-1-4-13(14)12-18-15(21)17-6-3-7-19-8-10-20-11-9-19/h1-2,4-5H,3,6-12H2,(H2,17,18,21). The second kappa shape index (κ2) is 8.92. The Morgan fingerprint density at radius 1 is 1.24 bits per heavy atom. The highest BCUT2D eigenvalue weighted by Gasteiger charge is 2.09. The van der Waals surface area contributed by atoms with E-state index >= 15 is 0 Å². The summed E-state index contributed by atoms with van der Waals surface area (Å²) in [4.78, 5) is 2.39. The fourth-order valence-corrected chi connectivity index (χ4v) is 2.38. The zero-order valence-electron chi connectivity index (χ0n) is 12.1. The third kappa shape index (κ3) is 5.95. The largest absolute Gasteiger partial charge is 0.379 e. The Labute approximate surface area is 130 Å². The van der Waals surface area contributed by atoms with Crippen LogP contribution in [0.4, 0.5) is 4.39 Å². The lowest BCUT2D eigenvalue weighted by molar-refractivity contribution is 0.0376. The van der Waals surface area contributed by atoms with Gasteiger partial charge in [0.2, 0.25) is 0 Å². The highest BCUT2D eigenvalue weighted by atomic mass is 32.1. The minimum atomic E-state index is -0.208. The van der Waals surface area contributed by atoms with E-state index in [0.29, 0.717) is 17.2 Å². The molecule has 4 nitrogen and oxygen atoms in total. The first-order valence-corrected chi connectivity index (χ1v) is 7.72. The van der Waals surface area contributed by atoms with E-state index in [-0.39, 0.29) is 5.82 Å². The van der Waals surface area contributed by atoms with Crippen molar-refractivity contribution in [1.29, 1.82) is 0 Å². The molecule has 1 saturated heterocycles. The van der Waals surface area contributed by atoms with Crippen LogP contribution in [-0.4, -0.2) is 49.4 Å². The Bertz CT molecular complexity index is 452. The molecule has 0 unspecified atom stereocenters. The molecule has 0 aromatic heterocycles.